The molecule has 1 aliphatic rings. The number of rotatable bonds is 9. The molecule has 3 aromatic heterocycles. The monoisotopic (exact) mass is 616 g/mol. The molecule has 1 saturated heterocycles. The molecule has 0 aliphatic carbocycles. The third-order valence-electron chi connectivity index (χ3n) is 7.77. The van der Waals surface area contributed by atoms with E-state index in [1.165, 1.54) is 17.8 Å². The SMILES string of the molecule is COc1ccc(N=C2S/C(=C\c3cn(Cc4ccc(C(=O)O)o4)c4ccccc34)C(=O)N2CCc2c[nH]c3ccccc23)cc1. The minimum absolute atomic E-state index is 0.104. The number of hydrogen-bond acceptors (Lipinski definition) is 6. The molecule has 0 saturated carbocycles. The van der Waals surface area contributed by atoms with Crippen LogP contribution in [0.25, 0.3) is 27.9 Å². The number of aliphatic imine (C=N–C) groups is 1. The molecule has 0 radical (unpaired) electrons. The van der Waals surface area contributed by atoms with Gasteiger partial charge >= 0.3 is 5.97 Å². The van der Waals surface area contributed by atoms with Crippen LogP contribution < -0.4 is 4.74 Å². The lowest BCUT2D eigenvalue weighted by atomic mass is 10.1. The van der Waals surface area contributed by atoms with E-state index in [1.807, 2.05) is 89.8 Å². The van der Waals surface area contributed by atoms with Gasteiger partial charge in [-0.3, -0.25) is 9.69 Å². The largest absolute Gasteiger partial charge is 0.497 e. The number of H-pyrrole nitrogens is 1. The lowest BCUT2D eigenvalue weighted by Gasteiger charge is -2.15. The molecule has 224 valence electrons. The van der Waals surface area contributed by atoms with Gasteiger partial charge in [0.1, 0.15) is 11.5 Å². The Kier molecular flexibility index (Phi) is 7.48. The van der Waals surface area contributed by atoms with Crippen LogP contribution in [0.1, 0.15) is 27.4 Å². The number of carbonyl (C=O) groups excluding carboxylic acids is 1. The van der Waals surface area contributed by atoms with E-state index in [-0.39, 0.29) is 11.7 Å². The van der Waals surface area contributed by atoms with Crippen molar-refractivity contribution < 1.29 is 23.8 Å². The number of para-hydroxylation sites is 2. The summed E-state index contributed by atoms with van der Waals surface area (Å²) in [6.45, 7) is 0.811. The number of fused-ring (bicyclic) bond motifs is 2. The van der Waals surface area contributed by atoms with Gasteiger partial charge in [-0.1, -0.05) is 36.4 Å². The summed E-state index contributed by atoms with van der Waals surface area (Å²) in [6, 6.07) is 26.6. The maximum atomic E-state index is 14.0. The number of aromatic amines is 1. The summed E-state index contributed by atoms with van der Waals surface area (Å²) in [4.78, 5) is 35.8. The Morgan fingerprint density at radius 3 is 2.58 bits per heavy atom. The Morgan fingerprint density at radius 1 is 1.02 bits per heavy atom. The van der Waals surface area contributed by atoms with Crippen molar-refractivity contribution in [2.24, 2.45) is 4.99 Å². The maximum absolute atomic E-state index is 14.0. The van der Waals surface area contributed by atoms with Crippen LogP contribution in [0.15, 0.2) is 112 Å². The average molecular weight is 617 g/mol. The predicted octanol–water partition coefficient (Wildman–Crippen LogP) is 7.32. The molecule has 6 aromatic rings. The summed E-state index contributed by atoms with van der Waals surface area (Å²) >= 11 is 1.35. The standard InChI is InChI=1S/C35H28N4O5S/c1-43-25-12-10-24(11-13-25)37-35-39(17-16-22-19-36-29-8-4-2-6-27(22)29)33(40)32(45-35)18-23-20-38(30-9-5-3-7-28(23)30)21-26-14-15-31(44-26)34(41)42/h2-15,18-20,36H,16-17,21H2,1H3,(H,41,42)/b32-18-,37-35?. The number of nitrogens with zero attached hydrogens (tertiary/aromatic N) is 3. The first kappa shape index (κ1) is 28.3. The van der Waals surface area contributed by atoms with Crippen molar-refractivity contribution in [3.05, 3.63) is 125 Å². The van der Waals surface area contributed by atoms with E-state index in [0.717, 1.165) is 44.4 Å². The lowest BCUT2D eigenvalue weighted by molar-refractivity contribution is -0.122. The number of thioether (sulfide) groups is 1. The molecule has 2 N–H and O–H groups in total. The molecule has 0 spiro atoms. The van der Waals surface area contributed by atoms with Gasteiger partial charge in [-0.15, -0.1) is 0 Å². The van der Waals surface area contributed by atoms with Gasteiger partial charge in [-0.05, 0) is 78.4 Å². The number of aromatic carboxylic acids is 1. The lowest BCUT2D eigenvalue weighted by Crippen LogP contribution is -2.31. The van der Waals surface area contributed by atoms with Crippen LogP contribution in [0.2, 0.25) is 0 Å². The first-order valence-electron chi connectivity index (χ1n) is 14.4. The summed E-state index contributed by atoms with van der Waals surface area (Å²) in [5.41, 5.74) is 4.73. The highest BCUT2D eigenvalue weighted by Gasteiger charge is 2.33. The highest BCUT2D eigenvalue weighted by molar-refractivity contribution is 8.18. The molecule has 45 heavy (non-hydrogen) atoms. The normalized spacial score (nSPS) is 15.2. The summed E-state index contributed by atoms with van der Waals surface area (Å²) in [6.07, 6.45) is 6.53. The van der Waals surface area contributed by atoms with Gasteiger partial charge in [0.05, 0.1) is 24.2 Å². The fraction of sp³-hybridized carbons (Fsp3) is 0.114. The number of hydrogen-bond donors (Lipinski definition) is 2. The number of carboxylic acids is 1. The number of methoxy groups -OCH3 is 1. The van der Waals surface area contributed by atoms with Crippen molar-refractivity contribution in [1.29, 1.82) is 0 Å². The average Bonchev–Trinajstić information content (AvgIpc) is 3.84. The molecule has 7 rings (SSSR count). The third-order valence-corrected chi connectivity index (χ3v) is 8.78. The highest BCUT2D eigenvalue weighted by atomic mass is 32.2. The Balaban J connectivity index is 1.22. The molecular weight excluding hydrogens is 588 g/mol. The molecule has 4 heterocycles. The van der Waals surface area contributed by atoms with E-state index in [2.05, 4.69) is 11.1 Å². The van der Waals surface area contributed by atoms with E-state index >= 15 is 0 Å². The zero-order valence-electron chi connectivity index (χ0n) is 24.3. The third kappa shape index (κ3) is 5.63. The topological polar surface area (TPSA) is 113 Å². The summed E-state index contributed by atoms with van der Waals surface area (Å²) < 4.78 is 12.8. The van der Waals surface area contributed by atoms with Gasteiger partial charge < -0.3 is 23.8 Å². The van der Waals surface area contributed by atoms with Gasteiger partial charge in [0.25, 0.3) is 5.91 Å². The van der Waals surface area contributed by atoms with Crippen molar-refractivity contribution in [2.45, 2.75) is 13.0 Å². The van der Waals surface area contributed by atoms with Crippen molar-refractivity contribution in [3.63, 3.8) is 0 Å². The van der Waals surface area contributed by atoms with E-state index < -0.39 is 5.97 Å². The second kappa shape index (κ2) is 11.9. The zero-order valence-corrected chi connectivity index (χ0v) is 25.1. The number of furan rings is 1. The Bertz CT molecular complexity index is 2120. The quantitative estimate of drug-likeness (QED) is 0.165. The van der Waals surface area contributed by atoms with Crippen molar-refractivity contribution in [3.8, 4) is 5.75 Å². The minimum atomic E-state index is -1.11. The van der Waals surface area contributed by atoms with E-state index in [4.69, 9.17) is 14.1 Å². The molecule has 1 amide bonds. The molecular formula is C35H28N4O5S. The van der Waals surface area contributed by atoms with Gasteiger partial charge in [0.2, 0.25) is 5.76 Å². The molecule has 0 atom stereocenters. The van der Waals surface area contributed by atoms with Gasteiger partial charge in [0.15, 0.2) is 5.17 Å². The summed E-state index contributed by atoms with van der Waals surface area (Å²) in [7, 11) is 1.62. The van der Waals surface area contributed by atoms with Crippen molar-refractivity contribution in [2.75, 3.05) is 13.7 Å². The minimum Gasteiger partial charge on any atom is -0.497 e. The Hall–Kier alpha value is -5.48. The van der Waals surface area contributed by atoms with Crippen molar-refractivity contribution in [1.82, 2.24) is 14.5 Å². The first-order valence-corrected chi connectivity index (χ1v) is 15.2. The fourth-order valence-corrected chi connectivity index (χ4v) is 6.55. The number of carboxylic acid groups (broad SMARTS) is 1. The second-order valence-electron chi connectivity index (χ2n) is 10.6. The molecule has 1 fully saturated rings. The summed E-state index contributed by atoms with van der Waals surface area (Å²) in [5.74, 6) is -0.0663. The number of amidine groups is 1. The molecule has 1 aliphatic heterocycles. The van der Waals surface area contributed by atoms with Gasteiger partial charge in [-0.25, -0.2) is 9.79 Å². The van der Waals surface area contributed by atoms with Crippen molar-refractivity contribution >= 4 is 62.4 Å². The van der Waals surface area contributed by atoms with Crippen LogP contribution in [-0.2, 0) is 17.8 Å². The second-order valence-corrected chi connectivity index (χ2v) is 11.6. The van der Waals surface area contributed by atoms with Gasteiger partial charge in [0, 0.05) is 46.3 Å². The molecule has 3 aromatic carbocycles. The Morgan fingerprint density at radius 2 is 1.80 bits per heavy atom. The zero-order chi connectivity index (χ0) is 30.9. The van der Waals surface area contributed by atoms with Crippen LogP contribution in [0.3, 0.4) is 0 Å². The number of nitrogens with one attached hydrogen (secondary N) is 1. The number of carbonyl (C=O) groups is 2. The maximum Gasteiger partial charge on any atom is 0.371 e. The van der Waals surface area contributed by atoms with Crippen LogP contribution in [-0.4, -0.2) is 50.3 Å². The van der Waals surface area contributed by atoms with E-state index in [1.54, 1.807) is 18.1 Å². The molecule has 0 unspecified atom stereocenters. The molecule has 9 nitrogen and oxygen atoms in total. The van der Waals surface area contributed by atoms with Crippen LogP contribution in [0, 0.1) is 0 Å². The molecule has 0 bridgehead atoms. The summed E-state index contributed by atoms with van der Waals surface area (Å²) in [5, 5.41) is 12.0. The number of ether oxygens (including phenoxy) is 1. The number of benzene rings is 3. The Labute approximate surface area is 262 Å². The number of amides is 1. The smallest absolute Gasteiger partial charge is 0.371 e. The van der Waals surface area contributed by atoms with Crippen LogP contribution >= 0.6 is 11.8 Å². The molecule has 10 heteroatoms. The number of aromatic nitrogens is 2. The van der Waals surface area contributed by atoms with Crippen LogP contribution in [0.4, 0.5) is 5.69 Å². The van der Waals surface area contributed by atoms with E-state index in [0.29, 0.717) is 35.3 Å². The van der Waals surface area contributed by atoms with Crippen LogP contribution in [0.5, 0.6) is 5.75 Å². The fourth-order valence-electron chi connectivity index (χ4n) is 5.53. The van der Waals surface area contributed by atoms with E-state index in [9.17, 15) is 14.7 Å². The van der Waals surface area contributed by atoms with Gasteiger partial charge in [-0.2, -0.15) is 0 Å². The highest BCUT2D eigenvalue weighted by Crippen LogP contribution is 2.36. The predicted molar refractivity (Wildman–Crippen MR) is 176 cm³/mol. The first-order chi connectivity index (χ1) is 22.0.